The normalized spacial score (nSPS) is 24.5. The van der Waals surface area contributed by atoms with Crippen LogP contribution in [0.3, 0.4) is 0 Å². The van der Waals surface area contributed by atoms with Crippen molar-refractivity contribution in [1.29, 1.82) is 0 Å². The Hall–Kier alpha value is -1.42. The van der Waals surface area contributed by atoms with Gasteiger partial charge in [-0.1, -0.05) is 25.5 Å². The first-order valence-corrected chi connectivity index (χ1v) is 7.28. The van der Waals surface area contributed by atoms with Crippen LogP contribution in [-0.4, -0.2) is 28.6 Å². The second kappa shape index (κ2) is 6.14. The van der Waals surface area contributed by atoms with Crippen molar-refractivity contribution in [3.05, 3.63) is 23.8 Å². The fourth-order valence-corrected chi connectivity index (χ4v) is 2.80. The zero-order chi connectivity index (χ0) is 16.4. The largest absolute Gasteiger partial charge is 0.461 e. The number of rotatable bonds is 5. The molecule has 0 aromatic carbocycles. The Labute approximate surface area is 126 Å². The Morgan fingerprint density at radius 2 is 2.14 bits per heavy atom. The minimum atomic E-state index is -0.971. The smallest absolute Gasteiger partial charge is 0.302 e. The second-order valence-corrected chi connectivity index (χ2v) is 6.61. The van der Waals surface area contributed by atoms with Gasteiger partial charge in [-0.15, -0.1) is 6.58 Å². The van der Waals surface area contributed by atoms with Gasteiger partial charge in [-0.2, -0.15) is 0 Å². The molecule has 0 saturated carbocycles. The molecule has 2 atom stereocenters. The van der Waals surface area contributed by atoms with E-state index in [9.17, 15) is 14.7 Å². The van der Waals surface area contributed by atoms with Crippen LogP contribution in [0.1, 0.15) is 53.9 Å². The van der Waals surface area contributed by atoms with Gasteiger partial charge in [-0.05, 0) is 32.3 Å². The monoisotopic (exact) mass is 294 g/mol. The molecule has 4 nitrogen and oxygen atoms in total. The summed E-state index contributed by atoms with van der Waals surface area (Å²) >= 11 is 0. The van der Waals surface area contributed by atoms with Gasteiger partial charge in [0.05, 0.1) is 5.60 Å². The van der Waals surface area contributed by atoms with Gasteiger partial charge in [0.2, 0.25) is 0 Å². The van der Waals surface area contributed by atoms with E-state index in [-0.39, 0.29) is 18.2 Å². The van der Waals surface area contributed by atoms with Crippen molar-refractivity contribution in [3.8, 4) is 0 Å². The van der Waals surface area contributed by atoms with Gasteiger partial charge in [0, 0.05) is 18.8 Å². The van der Waals surface area contributed by atoms with Crippen LogP contribution >= 0.6 is 0 Å². The van der Waals surface area contributed by atoms with Crippen molar-refractivity contribution in [2.24, 2.45) is 5.41 Å². The molecular weight excluding hydrogens is 268 g/mol. The minimum absolute atomic E-state index is 0.00817. The molecule has 0 bridgehead atoms. The van der Waals surface area contributed by atoms with Crippen LogP contribution in [0.25, 0.3) is 0 Å². The lowest BCUT2D eigenvalue weighted by Crippen LogP contribution is -2.42. The minimum Gasteiger partial charge on any atom is -0.461 e. The molecule has 0 radical (unpaired) electrons. The van der Waals surface area contributed by atoms with Gasteiger partial charge in [-0.3, -0.25) is 9.59 Å². The number of Topliss-reactive ketones (excluding diaryl/α,β-unsaturated/α-hetero) is 1. The molecule has 0 amide bonds. The molecule has 0 spiro atoms. The summed E-state index contributed by atoms with van der Waals surface area (Å²) in [7, 11) is 0. The first kappa shape index (κ1) is 17.6. The molecule has 0 aromatic rings. The highest BCUT2D eigenvalue weighted by Gasteiger charge is 2.42. The Morgan fingerprint density at radius 1 is 1.57 bits per heavy atom. The van der Waals surface area contributed by atoms with Crippen LogP contribution in [0.5, 0.6) is 0 Å². The molecule has 0 fully saturated rings. The second-order valence-electron chi connectivity index (χ2n) is 6.61. The molecule has 1 unspecified atom stereocenters. The topological polar surface area (TPSA) is 63.6 Å². The Morgan fingerprint density at radius 3 is 2.62 bits per heavy atom. The average molecular weight is 294 g/mol. The lowest BCUT2D eigenvalue weighted by Gasteiger charge is -2.41. The highest BCUT2D eigenvalue weighted by molar-refractivity contribution is 5.97. The Kier molecular flexibility index (Phi) is 5.16. The van der Waals surface area contributed by atoms with E-state index >= 15 is 0 Å². The third kappa shape index (κ3) is 4.03. The molecule has 1 aliphatic carbocycles. The number of carbonyl (C=O) groups excluding carboxylic acids is 2. The summed E-state index contributed by atoms with van der Waals surface area (Å²) in [5.74, 6) is -0.369. The summed E-state index contributed by atoms with van der Waals surface area (Å²) < 4.78 is 5.34. The Bertz CT molecular complexity index is 483. The van der Waals surface area contributed by atoms with E-state index in [1.54, 1.807) is 6.92 Å². The van der Waals surface area contributed by atoms with Crippen molar-refractivity contribution in [2.75, 3.05) is 0 Å². The SMILES string of the molecule is C=CC(C)(O)CCC1=C(C)C(=O)C[C@@H](OC(C)=O)C1(C)C. The summed E-state index contributed by atoms with van der Waals surface area (Å²) in [6.07, 6.45) is 2.33. The van der Waals surface area contributed by atoms with Crippen molar-refractivity contribution in [1.82, 2.24) is 0 Å². The van der Waals surface area contributed by atoms with E-state index in [0.29, 0.717) is 12.8 Å². The first-order chi connectivity index (χ1) is 9.51. The molecule has 118 valence electrons. The maximum atomic E-state index is 12.1. The number of carbonyl (C=O) groups is 2. The fourth-order valence-electron chi connectivity index (χ4n) is 2.80. The highest BCUT2D eigenvalue weighted by atomic mass is 16.5. The summed E-state index contributed by atoms with van der Waals surface area (Å²) in [5.41, 5.74) is 0.289. The van der Waals surface area contributed by atoms with E-state index < -0.39 is 17.1 Å². The van der Waals surface area contributed by atoms with Gasteiger partial charge in [0.15, 0.2) is 5.78 Å². The maximum absolute atomic E-state index is 12.1. The number of hydrogen-bond acceptors (Lipinski definition) is 4. The van der Waals surface area contributed by atoms with Gasteiger partial charge < -0.3 is 9.84 Å². The van der Waals surface area contributed by atoms with E-state index in [1.807, 2.05) is 20.8 Å². The van der Waals surface area contributed by atoms with Crippen molar-refractivity contribution in [2.45, 2.75) is 65.6 Å². The molecule has 21 heavy (non-hydrogen) atoms. The number of allylic oxidation sites excluding steroid dienone is 1. The van der Waals surface area contributed by atoms with E-state index in [1.165, 1.54) is 13.0 Å². The number of ketones is 1. The van der Waals surface area contributed by atoms with Gasteiger partial charge >= 0.3 is 5.97 Å². The van der Waals surface area contributed by atoms with Gasteiger partial charge in [-0.25, -0.2) is 0 Å². The van der Waals surface area contributed by atoms with Crippen LogP contribution in [-0.2, 0) is 14.3 Å². The zero-order valence-electron chi connectivity index (χ0n) is 13.7. The summed E-state index contributed by atoms with van der Waals surface area (Å²) in [6, 6.07) is 0. The third-order valence-corrected chi connectivity index (χ3v) is 4.45. The molecular formula is C17H26O4. The fraction of sp³-hybridized carbons (Fsp3) is 0.647. The van der Waals surface area contributed by atoms with Gasteiger partial charge in [0.25, 0.3) is 0 Å². The lowest BCUT2D eigenvalue weighted by molar-refractivity contribution is -0.153. The summed E-state index contributed by atoms with van der Waals surface area (Å²) in [6.45, 7) is 12.4. The van der Waals surface area contributed by atoms with Crippen molar-refractivity contribution < 1.29 is 19.4 Å². The lowest BCUT2D eigenvalue weighted by atomic mass is 9.68. The predicted molar refractivity (Wildman–Crippen MR) is 81.7 cm³/mol. The molecule has 4 heteroatoms. The standard InChI is InChI=1S/C17H26O4/c1-7-17(6,20)9-8-13-11(2)14(19)10-15(16(13,4)5)21-12(3)18/h7,15,20H,1,8-10H2,2-6H3/t15-,17?/m1/s1. The zero-order valence-corrected chi connectivity index (χ0v) is 13.7. The quantitative estimate of drug-likeness (QED) is 0.625. The third-order valence-electron chi connectivity index (χ3n) is 4.45. The predicted octanol–water partition coefficient (Wildman–Crippen LogP) is 2.95. The van der Waals surface area contributed by atoms with Crippen LogP contribution in [0.2, 0.25) is 0 Å². The van der Waals surface area contributed by atoms with Crippen LogP contribution in [0.4, 0.5) is 0 Å². The summed E-state index contributed by atoms with van der Waals surface area (Å²) in [4.78, 5) is 23.4. The molecule has 0 saturated heterocycles. The first-order valence-electron chi connectivity index (χ1n) is 7.28. The molecule has 0 aliphatic heterocycles. The maximum Gasteiger partial charge on any atom is 0.302 e. The molecule has 1 rings (SSSR count). The highest BCUT2D eigenvalue weighted by Crippen LogP contribution is 2.43. The number of hydrogen-bond donors (Lipinski definition) is 1. The van der Waals surface area contributed by atoms with E-state index in [0.717, 1.165) is 11.1 Å². The summed E-state index contributed by atoms with van der Waals surface area (Å²) in [5, 5.41) is 10.1. The van der Waals surface area contributed by atoms with Crippen molar-refractivity contribution >= 4 is 11.8 Å². The number of esters is 1. The van der Waals surface area contributed by atoms with Crippen LogP contribution in [0.15, 0.2) is 23.8 Å². The molecule has 1 N–H and O–H groups in total. The van der Waals surface area contributed by atoms with Gasteiger partial charge in [0.1, 0.15) is 6.10 Å². The van der Waals surface area contributed by atoms with E-state index in [2.05, 4.69) is 6.58 Å². The average Bonchev–Trinajstić information content (AvgIpc) is 2.35. The Balaban J connectivity index is 3.06. The molecule has 0 aromatic heterocycles. The van der Waals surface area contributed by atoms with E-state index in [4.69, 9.17) is 4.74 Å². The number of aliphatic hydroxyl groups is 1. The van der Waals surface area contributed by atoms with Crippen LogP contribution in [0, 0.1) is 5.41 Å². The molecule has 1 aliphatic rings. The molecule has 0 heterocycles. The number of ether oxygens (including phenoxy) is 1. The van der Waals surface area contributed by atoms with Crippen LogP contribution < -0.4 is 0 Å². The van der Waals surface area contributed by atoms with Crippen molar-refractivity contribution in [3.63, 3.8) is 0 Å².